The second kappa shape index (κ2) is 4.17. The number of alkyl halides is 6. The van der Waals surface area contributed by atoms with Crippen LogP contribution in [0.3, 0.4) is 0 Å². The first-order chi connectivity index (χ1) is 11.0. The second-order valence-electron chi connectivity index (χ2n) is 10.1. The van der Waals surface area contributed by atoms with Gasteiger partial charge in [-0.15, -0.1) is 0 Å². The van der Waals surface area contributed by atoms with Crippen LogP contribution in [-0.2, 0) is 0 Å². The third-order valence-electron chi connectivity index (χ3n) is 8.72. The summed E-state index contributed by atoms with van der Waals surface area (Å²) >= 11 is 0. The van der Waals surface area contributed by atoms with Crippen molar-refractivity contribution in [1.29, 1.82) is 0 Å². The van der Waals surface area contributed by atoms with Crippen LogP contribution < -0.4 is 0 Å². The number of hydrogen-bond acceptors (Lipinski definition) is 1. The second-order valence-corrected chi connectivity index (χ2v) is 10.1. The molecule has 0 aliphatic heterocycles. The van der Waals surface area contributed by atoms with Gasteiger partial charge in [-0.2, -0.15) is 26.3 Å². The first-order valence-electron chi connectivity index (χ1n) is 8.88. The molecule has 4 aliphatic carbocycles. The molecule has 1 N–H and O–H groups in total. The van der Waals surface area contributed by atoms with E-state index in [9.17, 15) is 31.4 Å². The Balaban J connectivity index is 1.68. The zero-order valence-corrected chi connectivity index (χ0v) is 14.7. The smallest absolute Gasteiger partial charge is 0.374 e. The Bertz CT molecular complexity index is 604. The van der Waals surface area contributed by atoms with E-state index in [1.807, 2.05) is 0 Å². The van der Waals surface area contributed by atoms with Gasteiger partial charge < -0.3 is 5.11 Å². The molecule has 0 aromatic heterocycles. The molecular weight excluding hydrogens is 346 g/mol. The summed E-state index contributed by atoms with van der Waals surface area (Å²) in [6, 6.07) is 0. The first-order valence-corrected chi connectivity index (χ1v) is 8.88. The number of rotatable bonds is 2. The molecule has 4 fully saturated rings. The molecule has 6 atom stereocenters. The van der Waals surface area contributed by atoms with Gasteiger partial charge >= 0.3 is 12.4 Å². The lowest BCUT2D eigenvalue weighted by Crippen LogP contribution is -2.58. The van der Waals surface area contributed by atoms with Gasteiger partial charge in [0.2, 0.25) is 0 Å². The summed E-state index contributed by atoms with van der Waals surface area (Å²) < 4.78 is 78.9. The zero-order chi connectivity index (χ0) is 19.0. The minimum atomic E-state index is -5.71. The summed E-state index contributed by atoms with van der Waals surface area (Å²) in [5, 5.41) is 9.67. The number of aliphatic hydroxyl groups is 1. The molecule has 1 nitrogen and oxygen atoms in total. The van der Waals surface area contributed by atoms with Crippen molar-refractivity contribution in [2.24, 2.45) is 45.8 Å². The van der Waals surface area contributed by atoms with Crippen LogP contribution >= 0.6 is 0 Å². The van der Waals surface area contributed by atoms with Crippen molar-refractivity contribution in [3.05, 3.63) is 0 Å². The molecule has 0 radical (unpaired) electrons. The monoisotopic (exact) mass is 370 g/mol. The quantitative estimate of drug-likeness (QED) is 0.664. The molecule has 0 aromatic carbocycles. The highest BCUT2D eigenvalue weighted by Gasteiger charge is 2.88. The first kappa shape index (κ1) is 17.9. The molecule has 0 amide bonds. The molecule has 2 bridgehead atoms. The Kier molecular flexibility index (Phi) is 2.99. The van der Waals surface area contributed by atoms with Crippen LogP contribution in [0.5, 0.6) is 0 Å². The lowest BCUT2D eigenvalue weighted by molar-refractivity contribution is -0.373. The third-order valence-corrected chi connectivity index (χ3v) is 8.72. The van der Waals surface area contributed by atoms with Crippen LogP contribution in [0.1, 0.15) is 47.0 Å². The van der Waals surface area contributed by atoms with Crippen LogP contribution in [0.4, 0.5) is 26.3 Å². The Hall–Kier alpha value is -0.460. The van der Waals surface area contributed by atoms with Gasteiger partial charge in [-0.25, -0.2) is 0 Å². The summed E-state index contributed by atoms with van der Waals surface area (Å²) in [7, 11) is 0. The predicted octanol–water partition coefficient (Wildman–Crippen LogP) is 5.19. The molecule has 4 aliphatic rings. The topological polar surface area (TPSA) is 20.2 Å². The molecule has 0 aromatic rings. The fourth-order valence-electron chi connectivity index (χ4n) is 7.44. The highest BCUT2D eigenvalue weighted by atomic mass is 19.4. The fourth-order valence-corrected chi connectivity index (χ4v) is 7.44. The molecule has 6 unspecified atom stereocenters. The summed E-state index contributed by atoms with van der Waals surface area (Å²) in [5.41, 5.74) is -4.78. The maximum Gasteiger partial charge on any atom is 0.426 e. The van der Waals surface area contributed by atoms with Gasteiger partial charge in [0, 0.05) is 0 Å². The van der Waals surface area contributed by atoms with E-state index in [-0.39, 0.29) is 28.1 Å². The number of fused-ring (bicyclic) bond motifs is 4. The maximum atomic E-state index is 13.1. The molecule has 1 spiro atoms. The van der Waals surface area contributed by atoms with Crippen molar-refractivity contribution in [2.75, 3.05) is 0 Å². The Morgan fingerprint density at radius 1 is 0.880 bits per heavy atom. The lowest BCUT2D eigenvalue weighted by Gasteiger charge is -2.36. The van der Waals surface area contributed by atoms with Gasteiger partial charge in [0.05, 0.1) is 0 Å². The van der Waals surface area contributed by atoms with Crippen molar-refractivity contribution in [1.82, 2.24) is 0 Å². The normalized spacial score (nSPS) is 46.4. The number of halogens is 6. The van der Waals surface area contributed by atoms with Gasteiger partial charge in [0.1, 0.15) is 0 Å². The molecule has 4 rings (SSSR count). The van der Waals surface area contributed by atoms with E-state index >= 15 is 0 Å². The molecule has 0 heterocycles. The highest BCUT2D eigenvalue weighted by molar-refractivity contribution is 5.34. The molecule has 4 saturated carbocycles. The predicted molar refractivity (Wildman–Crippen MR) is 78.4 cm³/mol. The van der Waals surface area contributed by atoms with Gasteiger partial charge in [0.15, 0.2) is 0 Å². The molecule has 7 heteroatoms. The van der Waals surface area contributed by atoms with Gasteiger partial charge in [-0.05, 0) is 65.1 Å². The third kappa shape index (κ3) is 1.82. The van der Waals surface area contributed by atoms with E-state index in [4.69, 9.17) is 0 Å². The average Bonchev–Trinajstić information content (AvgIpc) is 3.05. The van der Waals surface area contributed by atoms with Gasteiger partial charge in [-0.3, -0.25) is 0 Å². The molecule has 25 heavy (non-hydrogen) atoms. The molecular formula is C18H24F6O. The molecule has 0 saturated heterocycles. The van der Waals surface area contributed by atoms with Crippen LogP contribution in [-0.4, -0.2) is 23.1 Å². The van der Waals surface area contributed by atoms with Crippen molar-refractivity contribution >= 4 is 0 Å². The SMILES string of the molecule is CC1(C)C2C3CC4(CC3CC(O)(C(F)(F)F)C(F)(F)F)C(C21)C4(C)C. The number of hydrogen-bond donors (Lipinski definition) is 1. The lowest BCUT2D eigenvalue weighted by atomic mass is 9.79. The van der Waals surface area contributed by atoms with Crippen molar-refractivity contribution < 1.29 is 31.4 Å². The maximum absolute atomic E-state index is 13.1. The summed E-state index contributed by atoms with van der Waals surface area (Å²) in [4.78, 5) is 0. The molecule has 144 valence electrons. The van der Waals surface area contributed by atoms with Crippen molar-refractivity contribution in [3.63, 3.8) is 0 Å². The summed E-state index contributed by atoms with van der Waals surface area (Å²) in [6.07, 6.45) is -11.6. The Morgan fingerprint density at radius 2 is 1.40 bits per heavy atom. The fraction of sp³-hybridized carbons (Fsp3) is 1.00. The van der Waals surface area contributed by atoms with E-state index in [1.54, 1.807) is 0 Å². The average molecular weight is 370 g/mol. The van der Waals surface area contributed by atoms with Crippen LogP contribution in [0.2, 0.25) is 0 Å². The van der Waals surface area contributed by atoms with Crippen molar-refractivity contribution in [3.8, 4) is 0 Å². The Morgan fingerprint density at radius 3 is 1.88 bits per heavy atom. The van der Waals surface area contributed by atoms with E-state index in [0.717, 1.165) is 0 Å². The van der Waals surface area contributed by atoms with Crippen LogP contribution in [0.15, 0.2) is 0 Å². The van der Waals surface area contributed by atoms with Crippen molar-refractivity contribution in [2.45, 2.75) is 64.9 Å². The van der Waals surface area contributed by atoms with E-state index in [1.165, 1.54) is 0 Å². The van der Waals surface area contributed by atoms with Crippen LogP contribution in [0.25, 0.3) is 0 Å². The largest absolute Gasteiger partial charge is 0.426 e. The summed E-state index contributed by atoms with van der Waals surface area (Å²) in [6.45, 7) is 8.38. The minimum Gasteiger partial charge on any atom is -0.374 e. The van der Waals surface area contributed by atoms with Crippen LogP contribution in [0, 0.1) is 45.8 Å². The van der Waals surface area contributed by atoms with E-state index < -0.39 is 30.3 Å². The van der Waals surface area contributed by atoms with Gasteiger partial charge in [-0.1, -0.05) is 27.7 Å². The van der Waals surface area contributed by atoms with E-state index in [0.29, 0.717) is 24.7 Å². The standard InChI is InChI=1S/C18H24F6O/c1-13(2)10-9-7-15(12(11(10)13)14(15,3)4)5-8(9)6-16(25,17(19,20)21)18(22,23)24/h8-12,25H,5-7H2,1-4H3. The summed E-state index contributed by atoms with van der Waals surface area (Å²) in [5.74, 6) is 0.108. The van der Waals surface area contributed by atoms with Gasteiger partial charge in [0.25, 0.3) is 5.60 Å². The Labute approximate surface area is 143 Å². The van der Waals surface area contributed by atoms with E-state index in [2.05, 4.69) is 27.7 Å². The minimum absolute atomic E-state index is 0.0158. The zero-order valence-electron chi connectivity index (χ0n) is 14.7. The highest BCUT2D eigenvalue weighted by Crippen LogP contribution is 2.92.